The minimum atomic E-state index is -5.01. The summed E-state index contributed by atoms with van der Waals surface area (Å²) in [6, 6.07) is 0. The number of carbonyl (C=O) groups is 2. The second-order valence-corrected chi connectivity index (χ2v) is 7.65. The first-order valence-electron chi connectivity index (χ1n) is 9.28. The van der Waals surface area contributed by atoms with Gasteiger partial charge in [-0.25, -0.2) is 8.42 Å². The van der Waals surface area contributed by atoms with Gasteiger partial charge in [-0.2, -0.15) is 0 Å². The van der Waals surface area contributed by atoms with Gasteiger partial charge >= 0.3 is 41.5 Å². The number of allylic oxidation sites excluding steroid dienone is 1. The smallest absolute Gasteiger partial charge is 0.747 e. The predicted octanol–water partition coefficient (Wildman–Crippen LogP) is 0.445. The van der Waals surface area contributed by atoms with E-state index in [-0.39, 0.29) is 36.2 Å². The molecule has 1 unspecified atom stereocenters. The van der Waals surface area contributed by atoms with Crippen LogP contribution in [-0.2, 0) is 29.2 Å². The number of hydrogen-bond donors (Lipinski definition) is 0. The molecule has 0 aromatic carbocycles. The second kappa shape index (κ2) is 17.7. The van der Waals surface area contributed by atoms with Gasteiger partial charge in [0.1, 0.15) is 10.1 Å². The maximum atomic E-state index is 11.7. The van der Waals surface area contributed by atoms with Gasteiger partial charge in [-0.3, -0.25) is 9.59 Å². The molecule has 1 atom stereocenters. The third kappa shape index (κ3) is 16.3. The Morgan fingerprint density at radius 2 is 1.56 bits per heavy atom. The van der Waals surface area contributed by atoms with Crippen molar-refractivity contribution in [1.82, 2.24) is 0 Å². The normalized spacial score (nSPS) is 12.4. The number of esters is 2. The Hall–Kier alpha value is -0.410. The maximum absolute atomic E-state index is 11.7. The molecule has 0 amide bonds. The molecule has 0 aromatic heterocycles. The Bertz CT molecular complexity index is 532. The first kappa shape index (κ1) is 28.8. The molecular weight excluding hydrogens is 383 g/mol. The number of rotatable bonds is 15. The van der Waals surface area contributed by atoms with Crippen molar-refractivity contribution in [2.24, 2.45) is 0 Å². The number of ether oxygens (including phenoxy) is 2. The van der Waals surface area contributed by atoms with Crippen molar-refractivity contribution in [2.45, 2.75) is 83.3 Å². The molecule has 0 saturated heterocycles. The fraction of sp³-hybridized carbons (Fsp3) is 0.778. The van der Waals surface area contributed by atoms with E-state index in [1.165, 1.54) is 31.8 Å². The van der Waals surface area contributed by atoms with Gasteiger partial charge in [0.2, 0.25) is 0 Å². The van der Waals surface area contributed by atoms with Crippen molar-refractivity contribution in [3.63, 3.8) is 0 Å². The summed E-state index contributed by atoms with van der Waals surface area (Å²) in [5.41, 5.74) is 0. The molecule has 0 spiro atoms. The van der Waals surface area contributed by atoms with Crippen molar-refractivity contribution in [3.8, 4) is 0 Å². The van der Waals surface area contributed by atoms with E-state index in [1.807, 2.05) is 0 Å². The Morgan fingerprint density at radius 1 is 1.00 bits per heavy atom. The summed E-state index contributed by atoms with van der Waals surface area (Å²) in [5, 5.41) is -2.09. The van der Waals surface area contributed by atoms with E-state index >= 15 is 0 Å². The van der Waals surface area contributed by atoms with Gasteiger partial charge in [0.25, 0.3) is 0 Å². The molecule has 0 bridgehead atoms. The van der Waals surface area contributed by atoms with Crippen LogP contribution < -0.4 is 29.6 Å². The first-order chi connectivity index (χ1) is 12.3. The van der Waals surface area contributed by atoms with Crippen molar-refractivity contribution in [1.29, 1.82) is 0 Å². The number of hydrogen-bond acceptors (Lipinski definition) is 7. The average Bonchev–Trinajstić information content (AvgIpc) is 2.57. The summed E-state index contributed by atoms with van der Waals surface area (Å²) in [4.78, 5) is 23.4. The SMILES string of the molecule is CC/C=C/OC(=O)C(CC(=O)OCCCCCCCCCC)S(=O)(=O)[O-].[Na+]. The van der Waals surface area contributed by atoms with Gasteiger partial charge in [0.05, 0.1) is 19.3 Å². The summed E-state index contributed by atoms with van der Waals surface area (Å²) in [6.07, 6.45) is 10.9. The molecule has 0 aromatic rings. The van der Waals surface area contributed by atoms with Crippen LogP contribution in [0.1, 0.15) is 78.1 Å². The first-order valence-corrected chi connectivity index (χ1v) is 10.8. The zero-order valence-corrected chi connectivity index (χ0v) is 19.6. The molecule has 0 heterocycles. The van der Waals surface area contributed by atoms with Crippen LogP contribution in [0.2, 0.25) is 0 Å². The van der Waals surface area contributed by atoms with Crippen LogP contribution in [0.5, 0.6) is 0 Å². The van der Waals surface area contributed by atoms with E-state index in [9.17, 15) is 22.6 Å². The van der Waals surface area contributed by atoms with Crippen LogP contribution >= 0.6 is 0 Å². The van der Waals surface area contributed by atoms with Gasteiger partial charge in [0, 0.05) is 0 Å². The number of unbranched alkanes of at least 4 members (excludes halogenated alkanes) is 7. The Morgan fingerprint density at radius 3 is 2.07 bits per heavy atom. The van der Waals surface area contributed by atoms with Crippen LogP contribution in [-0.4, -0.2) is 36.8 Å². The minimum absolute atomic E-state index is 0. The molecule has 0 fully saturated rings. The van der Waals surface area contributed by atoms with Gasteiger partial charge in [-0.05, 0) is 18.9 Å². The van der Waals surface area contributed by atoms with Gasteiger partial charge in [-0.15, -0.1) is 0 Å². The minimum Gasteiger partial charge on any atom is -0.747 e. The second-order valence-electron chi connectivity index (χ2n) is 6.10. The van der Waals surface area contributed by atoms with Crippen molar-refractivity contribution >= 4 is 22.1 Å². The molecule has 0 aliphatic carbocycles. The van der Waals surface area contributed by atoms with E-state index in [1.54, 1.807) is 6.92 Å². The van der Waals surface area contributed by atoms with Crippen LogP contribution in [0.25, 0.3) is 0 Å². The molecular formula is C18H31NaO7S. The molecule has 0 saturated carbocycles. The van der Waals surface area contributed by atoms with Crippen molar-refractivity contribution < 1.29 is 61.6 Å². The molecule has 0 aliphatic heterocycles. The van der Waals surface area contributed by atoms with Crippen LogP contribution in [0.15, 0.2) is 12.3 Å². The fourth-order valence-corrected chi connectivity index (χ4v) is 2.85. The van der Waals surface area contributed by atoms with Crippen LogP contribution in [0.3, 0.4) is 0 Å². The maximum Gasteiger partial charge on any atom is 1.00 e. The molecule has 7 nitrogen and oxygen atoms in total. The quantitative estimate of drug-likeness (QED) is 0.126. The summed E-state index contributed by atoms with van der Waals surface area (Å²) in [5.74, 6) is -2.16. The standard InChI is InChI=1S/C18H32O7S.Na/c1-3-5-7-8-9-10-11-12-14-24-17(19)15-16(26(21,22)23)18(20)25-13-6-4-2;/h6,13,16H,3-5,7-12,14-15H2,1-2H3,(H,21,22,23);/q;+1/p-1/b13-6+;. The fourth-order valence-electron chi connectivity index (χ4n) is 2.22. The molecule has 0 N–H and O–H groups in total. The van der Waals surface area contributed by atoms with E-state index < -0.39 is 33.7 Å². The third-order valence-corrected chi connectivity index (χ3v) is 4.80. The monoisotopic (exact) mass is 414 g/mol. The number of carbonyl (C=O) groups excluding carboxylic acids is 2. The van der Waals surface area contributed by atoms with Crippen LogP contribution in [0.4, 0.5) is 0 Å². The van der Waals surface area contributed by atoms with E-state index in [4.69, 9.17) is 4.74 Å². The Balaban J connectivity index is 0. The molecule has 9 heteroatoms. The third-order valence-electron chi connectivity index (χ3n) is 3.74. The van der Waals surface area contributed by atoms with Gasteiger partial charge < -0.3 is 14.0 Å². The van der Waals surface area contributed by atoms with Crippen molar-refractivity contribution in [2.75, 3.05) is 6.61 Å². The van der Waals surface area contributed by atoms with E-state index in [2.05, 4.69) is 11.7 Å². The molecule has 0 aliphatic rings. The molecule has 0 rings (SSSR count). The van der Waals surface area contributed by atoms with Gasteiger partial charge in [-0.1, -0.05) is 58.8 Å². The van der Waals surface area contributed by atoms with Gasteiger partial charge in [0.15, 0.2) is 5.25 Å². The Kier molecular flexibility index (Phi) is 18.8. The predicted molar refractivity (Wildman–Crippen MR) is 97.2 cm³/mol. The Labute approximate surface area is 185 Å². The zero-order valence-electron chi connectivity index (χ0n) is 16.8. The van der Waals surface area contributed by atoms with Crippen LogP contribution in [0, 0.1) is 0 Å². The summed E-state index contributed by atoms with van der Waals surface area (Å²) < 4.78 is 43.0. The van der Waals surface area contributed by atoms with E-state index in [0.29, 0.717) is 12.8 Å². The topological polar surface area (TPSA) is 110 Å². The molecule has 152 valence electrons. The summed E-state index contributed by atoms with van der Waals surface area (Å²) >= 11 is 0. The van der Waals surface area contributed by atoms with Crippen molar-refractivity contribution in [3.05, 3.63) is 12.3 Å². The van der Waals surface area contributed by atoms with E-state index in [0.717, 1.165) is 25.5 Å². The zero-order chi connectivity index (χ0) is 19.8. The largest absolute Gasteiger partial charge is 1.00 e. The summed E-state index contributed by atoms with van der Waals surface area (Å²) in [7, 11) is -5.01. The molecule has 0 radical (unpaired) electrons. The average molecular weight is 414 g/mol. The molecule has 27 heavy (non-hydrogen) atoms. The summed E-state index contributed by atoms with van der Waals surface area (Å²) in [6.45, 7) is 4.09.